The molecule has 1 atom stereocenters. The summed E-state index contributed by atoms with van der Waals surface area (Å²) in [6.45, 7) is 8.67. The van der Waals surface area contributed by atoms with Crippen LogP contribution in [0.15, 0.2) is 83.8 Å². The van der Waals surface area contributed by atoms with Crippen molar-refractivity contribution >= 4 is 39.1 Å². The van der Waals surface area contributed by atoms with Crippen LogP contribution in [-0.4, -0.2) is 43.3 Å². The van der Waals surface area contributed by atoms with E-state index in [1.807, 2.05) is 33.8 Å². The zero-order chi connectivity index (χ0) is 28.1. The molecule has 0 bridgehead atoms. The van der Waals surface area contributed by atoms with Crippen LogP contribution < -0.4 is 9.62 Å². The van der Waals surface area contributed by atoms with E-state index in [1.165, 1.54) is 17.0 Å². The summed E-state index contributed by atoms with van der Waals surface area (Å²) in [7, 11) is -4.08. The molecule has 38 heavy (non-hydrogen) atoms. The molecule has 0 aliphatic heterocycles. The molecule has 0 aliphatic rings. The third-order valence-corrected chi connectivity index (χ3v) is 7.87. The maximum Gasteiger partial charge on any atom is 0.264 e. The minimum absolute atomic E-state index is 0.0667. The van der Waals surface area contributed by atoms with Crippen molar-refractivity contribution in [2.24, 2.45) is 0 Å². The lowest BCUT2D eigenvalue weighted by Crippen LogP contribution is -2.54. The van der Waals surface area contributed by atoms with Crippen molar-refractivity contribution in [3.05, 3.63) is 95.0 Å². The van der Waals surface area contributed by atoms with E-state index in [9.17, 15) is 18.0 Å². The maximum atomic E-state index is 13.9. The number of nitrogens with zero attached hydrogens (tertiary/aromatic N) is 2. The van der Waals surface area contributed by atoms with Crippen molar-refractivity contribution in [3.8, 4) is 0 Å². The molecule has 0 aliphatic carbocycles. The normalized spacial score (nSPS) is 12.5. The summed E-state index contributed by atoms with van der Waals surface area (Å²) in [5, 5.41) is 3.46. The minimum Gasteiger partial charge on any atom is -0.350 e. The Hall–Kier alpha value is -3.36. The first-order chi connectivity index (χ1) is 17.8. The van der Waals surface area contributed by atoms with Crippen LogP contribution in [0.5, 0.6) is 0 Å². The largest absolute Gasteiger partial charge is 0.350 e. The lowest BCUT2D eigenvalue weighted by molar-refractivity contribution is -0.140. The number of carbonyl (C=O) groups excluding carboxylic acids is 2. The number of hydrogen-bond donors (Lipinski definition) is 1. The second-order valence-corrected chi connectivity index (χ2v) is 12.5. The van der Waals surface area contributed by atoms with Crippen LogP contribution in [0.1, 0.15) is 38.8 Å². The molecule has 3 aromatic carbocycles. The molecule has 2 amide bonds. The third-order valence-electron chi connectivity index (χ3n) is 5.83. The van der Waals surface area contributed by atoms with E-state index in [1.54, 1.807) is 67.6 Å². The molecule has 3 rings (SSSR count). The van der Waals surface area contributed by atoms with Gasteiger partial charge in [0.15, 0.2) is 0 Å². The monoisotopic (exact) mass is 555 g/mol. The van der Waals surface area contributed by atoms with Crippen LogP contribution in [0.25, 0.3) is 0 Å². The molecule has 0 spiro atoms. The average molecular weight is 556 g/mol. The molecule has 9 heteroatoms. The maximum absolute atomic E-state index is 13.9. The Morgan fingerprint density at radius 3 is 2.16 bits per heavy atom. The highest BCUT2D eigenvalue weighted by atomic mass is 35.5. The molecule has 0 radical (unpaired) electrons. The van der Waals surface area contributed by atoms with Crippen LogP contribution in [0.4, 0.5) is 5.69 Å². The second kappa shape index (κ2) is 12.0. The number of anilines is 1. The summed E-state index contributed by atoms with van der Waals surface area (Å²) >= 11 is 6.04. The molecule has 0 saturated heterocycles. The van der Waals surface area contributed by atoms with Gasteiger partial charge in [-0.15, -0.1) is 0 Å². The Kier molecular flexibility index (Phi) is 9.22. The molecule has 202 valence electrons. The van der Waals surface area contributed by atoms with Gasteiger partial charge >= 0.3 is 0 Å². The highest BCUT2D eigenvalue weighted by Crippen LogP contribution is 2.25. The molecule has 1 N–H and O–H groups in total. The SMILES string of the molecule is Cc1cccc(N(CC(=O)N(Cc2ccc(Cl)cc2)[C@H](C)C(=O)NC(C)(C)C)S(=O)(=O)c2ccccc2)c1. The zero-order valence-corrected chi connectivity index (χ0v) is 23.9. The Balaban J connectivity index is 2.02. The molecule has 0 fully saturated rings. The van der Waals surface area contributed by atoms with Crippen molar-refractivity contribution in [1.29, 1.82) is 0 Å². The number of amides is 2. The van der Waals surface area contributed by atoms with Gasteiger partial charge in [-0.2, -0.15) is 0 Å². The fraction of sp³-hybridized carbons (Fsp3) is 0.310. The van der Waals surface area contributed by atoms with Gasteiger partial charge in [-0.1, -0.05) is 54.1 Å². The molecule has 0 unspecified atom stereocenters. The van der Waals surface area contributed by atoms with Gasteiger partial charge < -0.3 is 10.2 Å². The Bertz CT molecular complexity index is 1370. The third kappa shape index (κ3) is 7.58. The van der Waals surface area contributed by atoms with Crippen molar-refractivity contribution < 1.29 is 18.0 Å². The number of rotatable bonds is 9. The van der Waals surface area contributed by atoms with E-state index in [0.29, 0.717) is 10.7 Å². The first kappa shape index (κ1) is 29.2. The van der Waals surface area contributed by atoms with Crippen molar-refractivity contribution in [3.63, 3.8) is 0 Å². The molecule has 0 saturated carbocycles. The lowest BCUT2D eigenvalue weighted by atomic mass is 10.1. The van der Waals surface area contributed by atoms with Gasteiger partial charge in [0.1, 0.15) is 12.6 Å². The van der Waals surface area contributed by atoms with E-state index < -0.39 is 34.1 Å². The number of benzene rings is 3. The number of carbonyl (C=O) groups is 2. The molecular formula is C29H34ClN3O4S. The van der Waals surface area contributed by atoms with E-state index in [-0.39, 0.29) is 17.3 Å². The number of halogens is 1. The average Bonchev–Trinajstić information content (AvgIpc) is 2.85. The summed E-state index contributed by atoms with van der Waals surface area (Å²) in [5.41, 5.74) is 1.45. The quantitative estimate of drug-likeness (QED) is 0.394. The number of nitrogens with one attached hydrogen (secondary N) is 1. The van der Waals surface area contributed by atoms with Gasteiger partial charge in [0, 0.05) is 17.1 Å². The first-order valence-electron chi connectivity index (χ1n) is 12.3. The van der Waals surface area contributed by atoms with Gasteiger partial charge in [-0.3, -0.25) is 13.9 Å². The number of sulfonamides is 1. The number of aryl methyl sites for hydroxylation is 1. The molecule has 0 heterocycles. The van der Waals surface area contributed by atoms with Crippen LogP contribution in [0, 0.1) is 6.92 Å². The summed E-state index contributed by atoms with van der Waals surface area (Å²) in [6.07, 6.45) is 0. The van der Waals surface area contributed by atoms with E-state index in [2.05, 4.69) is 5.32 Å². The minimum atomic E-state index is -4.08. The van der Waals surface area contributed by atoms with Gasteiger partial charge in [0.25, 0.3) is 10.0 Å². The van der Waals surface area contributed by atoms with E-state index in [0.717, 1.165) is 15.4 Å². The summed E-state index contributed by atoms with van der Waals surface area (Å²) in [4.78, 5) is 28.5. The molecular weight excluding hydrogens is 522 g/mol. The molecule has 0 aromatic heterocycles. The van der Waals surface area contributed by atoms with Crippen LogP contribution in [-0.2, 0) is 26.2 Å². The fourth-order valence-electron chi connectivity index (χ4n) is 3.87. The predicted octanol–water partition coefficient (Wildman–Crippen LogP) is 5.18. The molecule has 3 aromatic rings. The Morgan fingerprint density at radius 1 is 0.947 bits per heavy atom. The lowest BCUT2D eigenvalue weighted by Gasteiger charge is -2.33. The van der Waals surface area contributed by atoms with Gasteiger partial charge in [0.2, 0.25) is 11.8 Å². The fourth-order valence-corrected chi connectivity index (χ4v) is 5.43. The topological polar surface area (TPSA) is 86.8 Å². The Morgan fingerprint density at radius 2 is 1.58 bits per heavy atom. The van der Waals surface area contributed by atoms with Crippen molar-refractivity contribution in [2.45, 2.75) is 57.6 Å². The summed E-state index contributed by atoms with van der Waals surface area (Å²) in [6, 6.07) is 21.0. The van der Waals surface area contributed by atoms with Gasteiger partial charge in [-0.25, -0.2) is 8.42 Å². The number of hydrogen-bond acceptors (Lipinski definition) is 4. The first-order valence-corrected chi connectivity index (χ1v) is 14.1. The smallest absolute Gasteiger partial charge is 0.264 e. The van der Waals surface area contributed by atoms with Gasteiger partial charge in [-0.05, 0) is 82.1 Å². The standard InChI is InChI=1S/C29H34ClN3O4S/c1-21-10-9-11-25(18-21)33(38(36,37)26-12-7-6-8-13-26)20-27(34)32(19-23-14-16-24(30)17-15-23)22(2)28(35)31-29(3,4)5/h6-18,22H,19-20H2,1-5H3,(H,31,35)/t22-/m1/s1. The predicted molar refractivity (Wildman–Crippen MR) is 152 cm³/mol. The van der Waals surface area contributed by atoms with Crippen molar-refractivity contribution in [2.75, 3.05) is 10.8 Å². The summed E-state index contributed by atoms with van der Waals surface area (Å²) < 4.78 is 28.6. The van der Waals surface area contributed by atoms with Gasteiger partial charge in [0.05, 0.1) is 10.6 Å². The van der Waals surface area contributed by atoms with Crippen LogP contribution >= 0.6 is 11.6 Å². The van der Waals surface area contributed by atoms with Crippen LogP contribution in [0.3, 0.4) is 0 Å². The molecule has 7 nitrogen and oxygen atoms in total. The van der Waals surface area contributed by atoms with E-state index in [4.69, 9.17) is 11.6 Å². The van der Waals surface area contributed by atoms with Crippen LogP contribution in [0.2, 0.25) is 5.02 Å². The highest BCUT2D eigenvalue weighted by Gasteiger charge is 2.33. The van der Waals surface area contributed by atoms with Crippen molar-refractivity contribution in [1.82, 2.24) is 10.2 Å². The second-order valence-electron chi connectivity index (χ2n) is 10.2. The zero-order valence-electron chi connectivity index (χ0n) is 22.3. The summed E-state index contributed by atoms with van der Waals surface area (Å²) in [5.74, 6) is -0.856. The Labute approximate surface area is 230 Å². The highest BCUT2D eigenvalue weighted by molar-refractivity contribution is 7.92. The van der Waals surface area contributed by atoms with E-state index >= 15 is 0 Å².